The minimum Gasteiger partial charge on any atom is -0.388 e. The summed E-state index contributed by atoms with van der Waals surface area (Å²) in [7, 11) is 0. The van der Waals surface area contributed by atoms with Gasteiger partial charge in [-0.05, 0) is 6.92 Å². The first-order valence-electron chi connectivity index (χ1n) is 8.86. The monoisotopic (exact) mass is 401 g/mol. The van der Waals surface area contributed by atoms with Crippen molar-refractivity contribution in [2.24, 2.45) is 0 Å². The van der Waals surface area contributed by atoms with Gasteiger partial charge in [-0.15, -0.1) is 0 Å². The fraction of sp³-hybridized carbons (Fsp3) is 0.353. The maximum absolute atomic E-state index is 12.4. The number of amides is 1. The molecule has 1 aliphatic rings. The second kappa shape index (κ2) is 7.58. The fourth-order valence-electron chi connectivity index (χ4n) is 3.22. The van der Waals surface area contributed by atoms with Crippen molar-refractivity contribution in [1.82, 2.24) is 30.2 Å². The number of anilines is 1. The number of aromatic nitrogens is 5. The van der Waals surface area contributed by atoms with Gasteiger partial charge in [0.2, 0.25) is 0 Å². The van der Waals surface area contributed by atoms with Crippen LogP contribution in [0.3, 0.4) is 0 Å². The van der Waals surface area contributed by atoms with E-state index in [1.165, 1.54) is 31.1 Å². The molecule has 0 bridgehead atoms. The third-order valence-electron chi connectivity index (χ3n) is 4.76. The molecule has 0 aliphatic carbocycles. The molecule has 4 rings (SSSR count). The van der Waals surface area contributed by atoms with E-state index in [0.29, 0.717) is 17.0 Å². The number of rotatable bonds is 4. The second-order valence-electron chi connectivity index (χ2n) is 6.63. The summed E-state index contributed by atoms with van der Waals surface area (Å²) < 4.78 is 5.76. The van der Waals surface area contributed by atoms with Crippen LogP contribution in [0.15, 0.2) is 35.9 Å². The van der Waals surface area contributed by atoms with Crippen molar-refractivity contribution in [1.29, 1.82) is 0 Å². The third kappa shape index (κ3) is 3.55. The number of hydrogen-bond donors (Lipinski definition) is 6. The van der Waals surface area contributed by atoms with Crippen LogP contribution < -0.4 is 16.1 Å². The number of aromatic amines is 2. The first kappa shape index (κ1) is 19.0. The van der Waals surface area contributed by atoms with Gasteiger partial charge in [0.1, 0.15) is 29.6 Å². The molecule has 29 heavy (non-hydrogen) atoms. The average molecular weight is 401 g/mol. The minimum atomic E-state index is -1.39. The van der Waals surface area contributed by atoms with Crippen LogP contribution >= 0.6 is 0 Å². The molecule has 4 heterocycles. The molecule has 1 amide bonds. The van der Waals surface area contributed by atoms with Crippen LogP contribution in [0, 0.1) is 0 Å². The number of aliphatic hydroxyl groups excluding tert-OH is 2. The van der Waals surface area contributed by atoms with Gasteiger partial charge in [0.25, 0.3) is 5.91 Å². The number of fused-ring (bicyclic) bond motifs is 1. The number of nitrogens with one attached hydrogen (secondary N) is 4. The zero-order valence-electron chi connectivity index (χ0n) is 15.2. The number of ether oxygens (including phenoxy) is 1. The zero-order valence-corrected chi connectivity index (χ0v) is 15.2. The van der Waals surface area contributed by atoms with Crippen LogP contribution in [0.2, 0.25) is 0 Å². The summed E-state index contributed by atoms with van der Waals surface area (Å²) in [6, 6.07) is 0.284. The Hall–Kier alpha value is -3.35. The van der Waals surface area contributed by atoms with Crippen LogP contribution in [-0.2, 0) is 4.74 Å². The van der Waals surface area contributed by atoms with Crippen LogP contribution in [0.4, 0.5) is 5.82 Å². The van der Waals surface area contributed by atoms with Gasteiger partial charge in [-0.1, -0.05) is 0 Å². The normalized spacial score (nSPS) is 26.9. The largest absolute Gasteiger partial charge is 0.388 e. The summed E-state index contributed by atoms with van der Waals surface area (Å²) in [5.41, 5.74) is 0.376. The number of H-pyrrole nitrogens is 2. The summed E-state index contributed by atoms with van der Waals surface area (Å²) in [6.07, 6.45) is 0.999. The molecule has 152 valence electrons. The van der Waals surface area contributed by atoms with Crippen molar-refractivity contribution < 1.29 is 19.7 Å². The molecule has 12 heteroatoms. The van der Waals surface area contributed by atoms with Crippen LogP contribution in [0.25, 0.3) is 11.2 Å². The van der Waals surface area contributed by atoms with Gasteiger partial charge < -0.3 is 35.6 Å². The summed E-state index contributed by atoms with van der Waals surface area (Å²) in [5, 5.41) is 26.6. The van der Waals surface area contributed by atoms with E-state index in [-0.39, 0.29) is 5.56 Å². The molecule has 0 saturated carbocycles. The van der Waals surface area contributed by atoms with Crippen molar-refractivity contribution in [2.75, 3.05) is 5.32 Å². The van der Waals surface area contributed by atoms with Gasteiger partial charge in [0.15, 0.2) is 23.1 Å². The van der Waals surface area contributed by atoms with Crippen molar-refractivity contribution in [3.8, 4) is 0 Å². The maximum Gasteiger partial charge on any atom is 0.257 e. The maximum atomic E-state index is 12.4. The number of hydrogen-bond acceptors (Lipinski definition) is 9. The number of aliphatic hydroxyl groups is 2. The Balaban J connectivity index is 1.49. The molecule has 3 aromatic heterocycles. The number of imidazole rings is 1. The Morgan fingerprint density at radius 2 is 2.07 bits per heavy atom. The molecule has 1 aliphatic heterocycles. The first-order valence-corrected chi connectivity index (χ1v) is 8.86. The van der Waals surface area contributed by atoms with Crippen LogP contribution in [0.1, 0.15) is 17.3 Å². The van der Waals surface area contributed by atoms with Gasteiger partial charge in [0.05, 0.1) is 18.5 Å². The van der Waals surface area contributed by atoms with E-state index in [1.54, 1.807) is 6.92 Å². The second-order valence-corrected chi connectivity index (χ2v) is 6.63. The Morgan fingerprint density at radius 3 is 2.86 bits per heavy atom. The van der Waals surface area contributed by atoms with Crippen LogP contribution in [0.5, 0.6) is 0 Å². The van der Waals surface area contributed by atoms with E-state index in [1.807, 2.05) is 0 Å². The molecule has 0 spiro atoms. The quantitative estimate of drug-likeness (QED) is 0.310. The predicted octanol–water partition coefficient (Wildman–Crippen LogP) is -1.28. The molecule has 3 aromatic rings. The van der Waals surface area contributed by atoms with Crippen molar-refractivity contribution in [3.05, 3.63) is 46.9 Å². The minimum absolute atomic E-state index is 0.107. The Bertz CT molecular complexity index is 1080. The highest BCUT2D eigenvalue weighted by atomic mass is 16.5. The van der Waals surface area contributed by atoms with Gasteiger partial charge in [-0.3, -0.25) is 9.59 Å². The van der Waals surface area contributed by atoms with Gasteiger partial charge >= 0.3 is 0 Å². The van der Waals surface area contributed by atoms with E-state index >= 15 is 0 Å². The Labute approximate surface area is 163 Å². The van der Waals surface area contributed by atoms with E-state index < -0.39 is 41.9 Å². The SMILES string of the molecule is C[C@@H]1O[C@H](Nc2ncnc3nc[nH]c23)[C@@H](O)[C@H](O)[C@H]1NC(=O)c1c[nH]ccc1=O. The van der Waals surface area contributed by atoms with E-state index in [2.05, 4.69) is 35.6 Å². The molecular formula is C17H19N7O5. The molecule has 0 unspecified atom stereocenters. The molecule has 6 N–H and O–H groups in total. The van der Waals surface area contributed by atoms with Crippen LogP contribution in [-0.4, -0.2) is 71.6 Å². The standard InChI is InChI=1S/C17H19N7O5/c1-7-10(23-16(28)8-4-18-3-2-9(8)25)12(26)13(27)17(29-7)24-15-11-14(20-5-19-11)21-6-22-15/h2-7,10,12-13,17,26-27H,1H3,(H,18,25)(H,23,28)(H2,19,20,21,22,24)/t7-,10-,12+,13-,17-/m0/s1. The van der Waals surface area contributed by atoms with Crippen molar-refractivity contribution in [3.63, 3.8) is 0 Å². The lowest BCUT2D eigenvalue weighted by atomic mass is 9.95. The number of pyridine rings is 1. The topological polar surface area (TPSA) is 178 Å². The van der Waals surface area contributed by atoms with Gasteiger partial charge in [-0.25, -0.2) is 15.0 Å². The molecule has 12 nitrogen and oxygen atoms in total. The molecule has 0 aromatic carbocycles. The molecule has 0 radical (unpaired) electrons. The lowest BCUT2D eigenvalue weighted by Crippen LogP contribution is -2.64. The highest BCUT2D eigenvalue weighted by Crippen LogP contribution is 2.24. The first-order chi connectivity index (χ1) is 14.0. The van der Waals surface area contributed by atoms with Gasteiger partial charge in [-0.2, -0.15) is 0 Å². The number of nitrogens with zero attached hydrogens (tertiary/aromatic N) is 3. The molecular weight excluding hydrogens is 382 g/mol. The average Bonchev–Trinajstić information content (AvgIpc) is 3.19. The van der Waals surface area contributed by atoms with Crippen molar-refractivity contribution in [2.45, 2.75) is 37.5 Å². The number of carbonyl (C=O) groups excluding carboxylic acids is 1. The van der Waals surface area contributed by atoms with Crippen molar-refractivity contribution >= 4 is 22.9 Å². The molecule has 1 fully saturated rings. The zero-order chi connectivity index (χ0) is 20.5. The van der Waals surface area contributed by atoms with Gasteiger partial charge in [0, 0.05) is 18.5 Å². The highest BCUT2D eigenvalue weighted by molar-refractivity contribution is 5.94. The fourth-order valence-corrected chi connectivity index (χ4v) is 3.22. The lowest BCUT2D eigenvalue weighted by Gasteiger charge is -2.42. The Morgan fingerprint density at radius 1 is 1.24 bits per heavy atom. The summed E-state index contributed by atoms with van der Waals surface area (Å²) in [4.78, 5) is 41.9. The van der Waals surface area contributed by atoms with E-state index in [9.17, 15) is 19.8 Å². The third-order valence-corrected chi connectivity index (χ3v) is 4.76. The number of carbonyl (C=O) groups is 1. The summed E-state index contributed by atoms with van der Waals surface area (Å²) in [6.45, 7) is 1.63. The van der Waals surface area contributed by atoms with E-state index in [4.69, 9.17) is 4.74 Å². The Kier molecular flexibility index (Phi) is 4.96. The summed E-state index contributed by atoms with van der Waals surface area (Å²) in [5.74, 6) is -0.339. The predicted molar refractivity (Wildman–Crippen MR) is 100.0 cm³/mol. The highest BCUT2D eigenvalue weighted by Gasteiger charge is 2.44. The smallest absolute Gasteiger partial charge is 0.257 e. The molecule has 5 atom stereocenters. The molecule has 1 saturated heterocycles. The summed E-state index contributed by atoms with van der Waals surface area (Å²) >= 11 is 0. The van der Waals surface area contributed by atoms with E-state index in [0.717, 1.165) is 0 Å². The lowest BCUT2D eigenvalue weighted by molar-refractivity contribution is -0.167.